The van der Waals surface area contributed by atoms with E-state index in [-0.39, 0.29) is 0 Å². The summed E-state index contributed by atoms with van der Waals surface area (Å²) < 4.78 is 87.9. The molecule has 1 heterocycles. The first-order chi connectivity index (χ1) is 10.1. The summed E-state index contributed by atoms with van der Waals surface area (Å²) in [6, 6.07) is 0. The molecule has 0 aliphatic rings. The van der Waals surface area contributed by atoms with Crippen LogP contribution in [0.5, 0.6) is 0 Å². The van der Waals surface area contributed by atoms with Crippen molar-refractivity contribution in [2.75, 3.05) is 5.32 Å². The first-order valence-electron chi connectivity index (χ1n) is 4.98. The molecule has 3 nitrogen and oxygen atoms in total. The fourth-order valence-corrected chi connectivity index (χ4v) is 1.93. The van der Waals surface area contributed by atoms with Crippen LogP contribution in [0.4, 0.5) is 36.4 Å². The molecule has 0 radical (unpaired) electrons. The monoisotopic (exact) mass is 426 g/mol. The van der Waals surface area contributed by atoms with Gasteiger partial charge in [0.05, 0.1) is 5.69 Å². The van der Waals surface area contributed by atoms with E-state index in [0.29, 0.717) is 0 Å². The predicted octanol–water partition coefficient (Wildman–Crippen LogP) is 5.47. The van der Waals surface area contributed by atoms with Gasteiger partial charge in [-0.05, 0) is 0 Å². The second-order valence-corrected chi connectivity index (χ2v) is 5.27. The van der Waals surface area contributed by atoms with Crippen molar-refractivity contribution in [3.8, 4) is 0 Å². The third kappa shape index (κ3) is 3.54. The summed E-state index contributed by atoms with van der Waals surface area (Å²) in [5.74, 6) is -15.8. The number of alkyl halides is 7. The molecule has 0 aliphatic heterocycles. The highest BCUT2D eigenvalue weighted by molar-refractivity contribution is 6.49. The summed E-state index contributed by atoms with van der Waals surface area (Å²) in [6.45, 7) is 0. The Labute approximate surface area is 142 Å². The van der Waals surface area contributed by atoms with Gasteiger partial charge in [0.25, 0.3) is 0 Å². The molecule has 1 aromatic heterocycles. The molecule has 23 heavy (non-hydrogen) atoms. The maximum absolute atomic E-state index is 13.2. The number of anilines is 1. The standard InChI is InChI=1S/C9HCl4F7N2O/c10-1-3(2(11)5(13)22-4(1)12)21-6(23)7(14,15)8(16,17)9(18,19)20/h(H,21,22,23). The van der Waals surface area contributed by atoms with Crippen molar-refractivity contribution in [1.82, 2.24) is 4.98 Å². The minimum atomic E-state index is -6.69. The number of hydrogen-bond donors (Lipinski definition) is 1. The minimum absolute atomic E-state index is 0.665. The van der Waals surface area contributed by atoms with Gasteiger partial charge in [-0.2, -0.15) is 30.7 Å². The number of amides is 1. The van der Waals surface area contributed by atoms with Crippen LogP contribution in [0.2, 0.25) is 20.4 Å². The summed E-state index contributed by atoms with van der Waals surface area (Å²) in [4.78, 5) is 14.5. The van der Waals surface area contributed by atoms with E-state index < -0.39 is 50.0 Å². The lowest BCUT2D eigenvalue weighted by Crippen LogP contribution is -2.57. The number of nitrogens with one attached hydrogen (secondary N) is 1. The molecule has 0 aromatic carbocycles. The van der Waals surface area contributed by atoms with Crippen LogP contribution in [0.25, 0.3) is 0 Å². The van der Waals surface area contributed by atoms with Crippen LogP contribution < -0.4 is 5.32 Å². The lowest BCUT2D eigenvalue weighted by Gasteiger charge is -2.27. The predicted molar refractivity (Wildman–Crippen MR) is 68.9 cm³/mol. The Hall–Kier alpha value is -0.710. The van der Waals surface area contributed by atoms with E-state index in [1.165, 1.54) is 0 Å². The third-order valence-corrected chi connectivity index (χ3v) is 3.75. The molecule has 0 saturated carbocycles. The molecule has 0 atom stereocenters. The summed E-state index contributed by atoms with van der Waals surface area (Å²) in [6.07, 6.45) is -6.69. The molecule has 1 rings (SSSR count). The zero-order valence-electron chi connectivity index (χ0n) is 10.0. The molecule has 14 heteroatoms. The number of halogens is 11. The Morgan fingerprint density at radius 3 is 1.61 bits per heavy atom. The summed E-state index contributed by atoms with van der Waals surface area (Å²) in [7, 11) is 0. The molecule has 0 fully saturated rings. The van der Waals surface area contributed by atoms with E-state index in [1.807, 2.05) is 0 Å². The smallest absolute Gasteiger partial charge is 0.318 e. The topological polar surface area (TPSA) is 42.0 Å². The zero-order valence-corrected chi connectivity index (χ0v) is 13.0. The van der Waals surface area contributed by atoms with E-state index in [4.69, 9.17) is 46.4 Å². The number of hydrogen-bond acceptors (Lipinski definition) is 2. The summed E-state index contributed by atoms with van der Waals surface area (Å²) in [5, 5.41) is -1.87. The van der Waals surface area contributed by atoms with Crippen LogP contribution in [0.3, 0.4) is 0 Å². The molecule has 0 spiro atoms. The van der Waals surface area contributed by atoms with E-state index >= 15 is 0 Å². The van der Waals surface area contributed by atoms with Crippen molar-refractivity contribution in [3.05, 3.63) is 20.4 Å². The molecule has 1 amide bonds. The first-order valence-corrected chi connectivity index (χ1v) is 6.49. The number of carbonyl (C=O) groups excluding carboxylic acids is 1. The SMILES string of the molecule is O=C(Nc1c(Cl)c(Cl)nc(Cl)c1Cl)C(F)(F)C(F)(F)C(F)(F)F. The maximum Gasteiger partial charge on any atom is 0.460 e. The highest BCUT2D eigenvalue weighted by atomic mass is 35.5. The summed E-state index contributed by atoms with van der Waals surface area (Å²) in [5.41, 5.74) is -0.999. The van der Waals surface area contributed by atoms with Crippen molar-refractivity contribution in [1.29, 1.82) is 0 Å². The highest BCUT2D eigenvalue weighted by Gasteiger charge is 2.76. The Morgan fingerprint density at radius 2 is 1.26 bits per heavy atom. The van der Waals surface area contributed by atoms with Gasteiger partial charge in [0, 0.05) is 0 Å². The van der Waals surface area contributed by atoms with Gasteiger partial charge in [-0.25, -0.2) is 4.98 Å². The molecule has 0 bridgehead atoms. The first kappa shape index (κ1) is 20.3. The van der Waals surface area contributed by atoms with Gasteiger partial charge in [-0.3, -0.25) is 4.79 Å². The van der Waals surface area contributed by atoms with Crippen LogP contribution in [0, 0.1) is 0 Å². The van der Waals surface area contributed by atoms with Crippen LogP contribution in [-0.4, -0.2) is 28.9 Å². The van der Waals surface area contributed by atoms with Crippen LogP contribution in [0.15, 0.2) is 0 Å². The van der Waals surface area contributed by atoms with Gasteiger partial charge in [0.15, 0.2) is 10.3 Å². The molecular formula is C9HCl4F7N2O. The summed E-state index contributed by atoms with van der Waals surface area (Å²) >= 11 is 21.7. The maximum atomic E-state index is 13.2. The van der Waals surface area contributed by atoms with Gasteiger partial charge in [-0.1, -0.05) is 46.4 Å². The number of aromatic nitrogens is 1. The molecule has 130 valence electrons. The average Bonchev–Trinajstić information content (AvgIpc) is 2.39. The molecule has 0 unspecified atom stereocenters. The fourth-order valence-electron chi connectivity index (χ4n) is 1.11. The third-order valence-electron chi connectivity index (χ3n) is 2.27. The largest absolute Gasteiger partial charge is 0.460 e. The van der Waals surface area contributed by atoms with Crippen molar-refractivity contribution >= 4 is 58.0 Å². The quantitative estimate of drug-likeness (QED) is 0.513. The molecule has 1 N–H and O–H groups in total. The lowest BCUT2D eigenvalue weighted by molar-refractivity contribution is -0.343. The minimum Gasteiger partial charge on any atom is -0.318 e. The Bertz CT molecular complexity index is 624. The van der Waals surface area contributed by atoms with Gasteiger partial charge in [0.1, 0.15) is 10.0 Å². The van der Waals surface area contributed by atoms with Crippen molar-refractivity contribution in [2.24, 2.45) is 0 Å². The van der Waals surface area contributed by atoms with E-state index in [1.54, 1.807) is 0 Å². The van der Waals surface area contributed by atoms with Crippen LogP contribution >= 0.6 is 46.4 Å². The molecule has 0 aliphatic carbocycles. The second-order valence-electron chi connectivity index (χ2n) is 3.80. The normalized spacial score (nSPS) is 13.2. The van der Waals surface area contributed by atoms with Gasteiger partial charge in [-0.15, -0.1) is 0 Å². The number of nitrogens with zero attached hydrogens (tertiary/aromatic N) is 1. The van der Waals surface area contributed by atoms with Crippen LogP contribution in [-0.2, 0) is 4.79 Å². The van der Waals surface area contributed by atoms with Gasteiger partial charge in [0.2, 0.25) is 0 Å². The van der Waals surface area contributed by atoms with Crippen LogP contribution in [0.1, 0.15) is 0 Å². The lowest BCUT2D eigenvalue weighted by atomic mass is 10.1. The Kier molecular flexibility index (Phi) is 5.57. The fraction of sp³-hybridized carbons (Fsp3) is 0.333. The number of pyridine rings is 1. The van der Waals surface area contributed by atoms with E-state index in [2.05, 4.69) is 4.98 Å². The Morgan fingerprint density at radius 1 is 0.870 bits per heavy atom. The molecule has 0 saturated heterocycles. The van der Waals surface area contributed by atoms with Gasteiger partial charge < -0.3 is 5.32 Å². The number of rotatable bonds is 3. The van der Waals surface area contributed by atoms with Crippen molar-refractivity contribution in [3.63, 3.8) is 0 Å². The van der Waals surface area contributed by atoms with Crippen molar-refractivity contribution in [2.45, 2.75) is 18.0 Å². The van der Waals surface area contributed by atoms with Crippen molar-refractivity contribution < 1.29 is 35.5 Å². The average molecular weight is 428 g/mol. The number of carbonyl (C=O) groups is 1. The molecular weight excluding hydrogens is 427 g/mol. The van der Waals surface area contributed by atoms with E-state index in [9.17, 15) is 35.5 Å². The molecule has 1 aromatic rings. The van der Waals surface area contributed by atoms with E-state index in [0.717, 1.165) is 5.32 Å². The highest BCUT2D eigenvalue weighted by Crippen LogP contribution is 2.47. The zero-order chi connectivity index (χ0) is 18.4. The van der Waals surface area contributed by atoms with Gasteiger partial charge >= 0.3 is 23.9 Å². The second kappa shape index (κ2) is 6.30. The Balaban J connectivity index is 3.29.